The first-order valence-electron chi connectivity index (χ1n) is 7.12. The van der Waals surface area contributed by atoms with Gasteiger partial charge in [0.1, 0.15) is 0 Å². The average Bonchev–Trinajstić information content (AvgIpc) is 2.85. The second kappa shape index (κ2) is 6.94. The van der Waals surface area contributed by atoms with Crippen LogP contribution in [0.25, 0.3) is 0 Å². The van der Waals surface area contributed by atoms with Crippen molar-refractivity contribution < 1.29 is 4.79 Å². The molecule has 0 N–H and O–H groups in total. The van der Waals surface area contributed by atoms with Gasteiger partial charge in [0.2, 0.25) is 5.91 Å². The molecule has 0 radical (unpaired) electrons. The van der Waals surface area contributed by atoms with Gasteiger partial charge >= 0.3 is 0 Å². The molecule has 20 heavy (non-hydrogen) atoms. The van der Waals surface area contributed by atoms with Crippen LogP contribution in [-0.4, -0.2) is 15.4 Å². The number of carbonyl (C=O) groups is 1. The Bertz CT molecular complexity index is 545. The van der Waals surface area contributed by atoms with Gasteiger partial charge in [-0.2, -0.15) is 0 Å². The summed E-state index contributed by atoms with van der Waals surface area (Å²) in [5, 5.41) is 0. The Morgan fingerprint density at radius 1 is 1.10 bits per heavy atom. The Morgan fingerprint density at radius 2 is 1.85 bits per heavy atom. The SMILES string of the molecule is CCCC(=O)N(Cc1ccccc1)Cc1cccn1C. The molecule has 0 aliphatic rings. The monoisotopic (exact) mass is 270 g/mol. The maximum absolute atomic E-state index is 12.3. The minimum absolute atomic E-state index is 0.220. The van der Waals surface area contributed by atoms with Crippen molar-refractivity contribution in [3.63, 3.8) is 0 Å². The van der Waals surface area contributed by atoms with Crippen LogP contribution in [-0.2, 0) is 24.9 Å². The van der Waals surface area contributed by atoms with E-state index in [1.807, 2.05) is 49.3 Å². The molecule has 0 saturated carbocycles. The van der Waals surface area contributed by atoms with E-state index >= 15 is 0 Å². The highest BCUT2D eigenvalue weighted by Gasteiger charge is 2.14. The maximum atomic E-state index is 12.3. The molecule has 0 aliphatic heterocycles. The molecular weight excluding hydrogens is 248 g/mol. The number of rotatable bonds is 6. The molecular formula is C17H22N2O. The van der Waals surface area contributed by atoms with Crippen molar-refractivity contribution in [1.29, 1.82) is 0 Å². The smallest absolute Gasteiger partial charge is 0.223 e. The van der Waals surface area contributed by atoms with Crippen LogP contribution in [0.5, 0.6) is 0 Å². The molecule has 0 fully saturated rings. The number of nitrogens with zero attached hydrogens (tertiary/aromatic N) is 2. The van der Waals surface area contributed by atoms with Gasteiger partial charge in [0.15, 0.2) is 0 Å². The summed E-state index contributed by atoms with van der Waals surface area (Å²) in [5.41, 5.74) is 2.33. The van der Waals surface area contributed by atoms with Crippen LogP contribution >= 0.6 is 0 Å². The zero-order chi connectivity index (χ0) is 14.4. The summed E-state index contributed by atoms with van der Waals surface area (Å²) in [4.78, 5) is 14.2. The minimum Gasteiger partial charge on any atom is -0.353 e. The molecule has 1 heterocycles. The standard InChI is InChI=1S/C17H22N2O/c1-3-8-17(20)19(13-15-9-5-4-6-10-15)14-16-11-7-12-18(16)2/h4-7,9-12H,3,8,13-14H2,1-2H3. The molecule has 1 amide bonds. The molecule has 0 aliphatic carbocycles. The van der Waals surface area contributed by atoms with Crippen LogP contribution in [0.4, 0.5) is 0 Å². The molecule has 0 unspecified atom stereocenters. The zero-order valence-corrected chi connectivity index (χ0v) is 12.2. The molecule has 0 spiro atoms. The molecule has 0 saturated heterocycles. The van der Waals surface area contributed by atoms with Crippen molar-refractivity contribution in [2.24, 2.45) is 7.05 Å². The Hall–Kier alpha value is -2.03. The molecule has 0 atom stereocenters. The summed E-state index contributed by atoms with van der Waals surface area (Å²) in [6.07, 6.45) is 3.51. The van der Waals surface area contributed by atoms with Crippen molar-refractivity contribution in [3.8, 4) is 0 Å². The van der Waals surface area contributed by atoms with Crippen LogP contribution in [0.2, 0.25) is 0 Å². The van der Waals surface area contributed by atoms with E-state index < -0.39 is 0 Å². The highest BCUT2D eigenvalue weighted by Crippen LogP contribution is 2.12. The largest absolute Gasteiger partial charge is 0.353 e. The molecule has 1 aromatic heterocycles. The van der Waals surface area contributed by atoms with E-state index in [0.29, 0.717) is 19.5 Å². The molecule has 3 nitrogen and oxygen atoms in total. The van der Waals surface area contributed by atoms with Gasteiger partial charge in [-0.15, -0.1) is 0 Å². The zero-order valence-electron chi connectivity index (χ0n) is 12.2. The Balaban J connectivity index is 2.12. The summed E-state index contributed by atoms with van der Waals surface area (Å²) >= 11 is 0. The first-order chi connectivity index (χ1) is 9.70. The van der Waals surface area contributed by atoms with Crippen LogP contribution in [0, 0.1) is 0 Å². The Kier molecular flexibility index (Phi) is 4.99. The maximum Gasteiger partial charge on any atom is 0.223 e. The van der Waals surface area contributed by atoms with E-state index in [9.17, 15) is 4.79 Å². The number of aryl methyl sites for hydroxylation is 1. The molecule has 2 rings (SSSR count). The third-order valence-corrected chi connectivity index (χ3v) is 3.44. The summed E-state index contributed by atoms with van der Waals surface area (Å²) in [5.74, 6) is 0.220. The normalized spacial score (nSPS) is 10.5. The quantitative estimate of drug-likeness (QED) is 0.790. The van der Waals surface area contributed by atoms with Crippen molar-refractivity contribution in [1.82, 2.24) is 9.47 Å². The number of hydrogen-bond acceptors (Lipinski definition) is 1. The fourth-order valence-electron chi connectivity index (χ4n) is 2.26. The summed E-state index contributed by atoms with van der Waals surface area (Å²) in [7, 11) is 2.01. The lowest BCUT2D eigenvalue weighted by molar-refractivity contribution is -0.132. The lowest BCUT2D eigenvalue weighted by atomic mass is 10.2. The predicted molar refractivity (Wildman–Crippen MR) is 81.0 cm³/mol. The van der Waals surface area contributed by atoms with Gasteiger partial charge in [-0.05, 0) is 24.1 Å². The van der Waals surface area contributed by atoms with Gasteiger partial charge in [-0.3, -0.25) is 4.79 Å². The number of hydrogen-bond donors (Lipinski definition) is 0. The highest BCUT2D eigenvalue weighted by molar-refractivity contribution is 5.76. The summed E-state index contributed by atoms with van der Waals surface area (Å²) in [6, 6.07) is 14.2. The molecule has 1 aromatic carbocycles. The van der Waals surface area contributed by atoms with Crippen LogP contribution in [0.3, 0.4) is 0 Å². The number of benzene rings is 1. The van der Waals surface area contributed by atoms with E-state index in [-0.39, 0.29) is 5.91 Å². The van der Waals surface area contributed by atoms with Crippen molar-refractivity contribution in [3.05, 3.63) is 59.9 Å². The van der Waals surface area contributed by atoms with Crippen LogP contribution in [0.1, 0.15) is 31.0 Å². The summed E-state index contributed by atoms with van der Waals surface area (Å²) < 4.78 is 2.07. The number of aromatic nitrogens is 1. The second-order valence-corrected chi connectivity index (χ2v) is 5.10. The average molecular weight is 270 g/mol. The van der Waals surface area contributed by atoms with E-state index in [0.717, 1.165) is 12.1 Å². The van der Waals surface area contributed by atoms with Gasteiger partial charge in [0, 0.05) is 31.9 Å². The van der Waals surface area contributed by atoms with E-state index in [1.54, 1.807) is 0 Å². The molecule has 106 valence electrons. The highest BCUT2D eigenvalue weighted by atomic mass is 16.2. The Morgan fingerprint density at radius 3 is 2.45 bits per heavy atom. The first kappa shape index (κ1) is 14.4. The first-order valence-corrected chi connectivity index (χ1v) is 7.12. The van der Waals surface area contributed by atoms with Gasteiger partial charge in [-0.1, -0.05) is 37.3 Å². The molecule has 0 bridgehead atoms. The fourth-order valence-corrected chi connectivity index (χ4v) is 2.26. The molecule has 2 aromatic rings. The predicted octanol–water partition coefficient (Wildman–Crippen LogP) is 3.35. The van der Waals surface area contributed by atoms with Crippen LogP contribution in [0.15, 0.2) is 48.7 Å². The van der Waals surface area contributed by atoms with Crippen molar-refractivity contribution >= 4 is 5.91 Å². The third kappa shape index (κ3) is 3.73. The lowest BCUT2D eigenvalue weighted by Gasteiger charge is -2.23. The molecule has 3 heteroatoms. The van der Waals surface area contributed by atoms with Crippen LogP contribution < -0.4 is 0 Å². The number of amides is 1. The van der Waals surface area contributed by atoms with E-state index in [2.05, 4.69) is 22.8 Å². The minimum atomic E-state index is 0.220. The van der Waals surface area contributed by atoms with Crippen molar-refractivity contribution in [2.75, 3.05) is 0 Å². The second-order valence-electron chi connectivity index (χ2n) is 5.10. The topological polar surface area (TPSA) is 25.2 Å². The lowest BCUT2D eigenvalue weighted by Crippen LogP contribution is -2.30. The van der Waals surface area contributed by atoms with Crippen molar-refractivity contribution in [2.45, 2.75) is 32.9 Å². The van der Waals surface area contributed by atoms with Gasteiger partial charge < -0.3 is 9.47 Å². The Labute approximate surface area is 120 Å². The van der Waals surface area contributed by atoms with E-state index in [4.69, 9.17) is 0 Å². The fraction of sp³-hybridized carbons (Fsp3) is 0.353. The third-order valence-electron chi connectivity index (χ3n) is 3.44. The van der Waals surface area contributed by atoms with E-state index in [1.165, 1.54) is 5.56 Å². The summed E-state index contributed by atoms with van der Waals surface area (Å²) in [6.45, 7) is 3.38. The van der Waals surface area contributed by atoms with Gasteiger partial charge in [-0.25, -0.2) is 0 Å². The van der Waals surface area contributed by atoms with Gasteiger partial charge in [0.05, 0.1) is 6.54 Å². The van der Waals surface area contributed by atoms with Gasteiger partial charge in [0.25, 0.3) is 0 Å². The number of carbonyl (C=O) groups excluding carboxylic acids is 1.